The van der Waals surface area contributed by atoms with E-state index in [1.54, 1.807) is 26.0 Å². The van der Waals surface area contributed by atoms with Crippen LogP contribution in [0.25, 0.3) is 0 Å². The summed E-state index contributed by atoms with van der Waals surface area (Å²) in [5, 5.41) is 0. The summed E-state index contributed by atoms with van der Waals surface area (Å²) in [6, 6.07) is 0. The van der Waals surface area contributed by atoms with E-state index in [-0.39, 0.29) is 0 Å². The third-order valence-electron chi connectivity index (χ3n) is 4.92. The minimum Gasteiger partial charge on any atom is -0.454 e. The average molecular weight is 374 g/mol. The molecule has 2 rings (SSSR count). The van der Waals surface area contributed by atoms with Gasteiger partial charge in [0.15, 0.2) is 0 Å². The summed E-state index contributed by atoms with van der Waals surface area (Å²) >= 11 is 0. The van der Waals surface area contributed by atoms with Crippen LogP contribution in [-0.2, 0) is 28.6 Å². The topological polar surface area (TPSA) is 78.9 Å². The lowest BCUT2D eigenvalue weighted by Gasteiger charge is -2.36. The van der Waals surface area contributed by atoms with Crippen LogP contribution >= 0.6 is 0 Å². The van der Waals surface area contributed by atoms with Crippen LogP contribution in [0.2, 0.25) is 0 Å². The molecule has 6 heteroatoms. The fourth-order valence-electron chi connectivity index (χ4n) is 3.39. The van der Waals surface area contributed by atoms with Gasteiger partial charge in [-0.1, -0.05) is 17.7 Å². The molecule has 3 atom stereocenters. The second-order valence-corrected chi connectivity index (χ2v) is 7.17. The van der Waals surface area contributed by atoms with Gasteiger partial charge in [-0.2, -0.15) is 0 Å². The first kappa shape index (κ1) is 20.8. The Balaban J connectivity index is 2.29. The van der Waals surface area contributed by atoms with Gasteiger partial charge >= 0.3 is 11.9 Å². The molecule has 0 aromatic carbocycles. The zero-order valence-corrected chi connectivity index (χ0v) is 16.5. The summed E-state index contributed by atoms with van der Waals surface area (Å²) in [7, 11) is 1.44. The molecular formula is C21H26O6. The van der Waals surface area contributed by atoms with Crippen molar-refractivity contribution in [3.8, 4) is 0 Å². The van der Waals surface area contributed by atoms with Gasteiger partial charge in [0.05, 0.1) is 5.92 Å². The summed E-state index contributed by atoms with van der Waals surface area (Å²) in [6.45, 7) is 11.1. The van der Waals surface area contributed by atoms with Gasteiger partial charge < -0.3 is 14.2 Å². The van der Waals surface area contributed by atoms with Gasteiger partial charge in [0, 0.05) is 18.3 Å². The van der Waals surface area contributed by atoms with E-state index in [1.807, 2.05) is 13.8 Å². The molecule has 0 N–H and O–H groups in total. The van der Waals surface area contributed by atoms with E-state index in [2.05, 4.69) is 6.58 Å². The Labute approximate surface area is 159 Å². The second-order valence-electron chi connectivity index (χ2n) is 7.17. The quantitative estimate of drug-likeness (QED) is 0.281. The number of methoxy groups -OCH3 is 1. The standard InChI is InChI=1S/C21H26O6/c1-12(2)16(11-22)8-7-15-9-17(26-20(15)24)18(13(3)4)21(25-6)10-14(5)19(23)27-21/h9-11,17-18H,3,7-8H2,1-2,4-6H3/t17-,18-,21+/m0/s1. The lowest BCUT2D eigenvalue weighted by molar-refractivity contribution is -0.213. The molecule has 0 aliphatic carbocycles. The Kier molecular flexibility index (Phi) is 6.21. The first-order valence-electron chi connectivity index (χ1n) is 8.81. The van der Waals surface area contributed by atoms with Crippen molar-refractivity contribution in [2.24, 2.45) is 5.92 Å². The highest BCUT2D eigenvalue weighted by atomic mass is 16.7. The molecule has 0 aromatic heterocycles. The molecule has 0 spiro atoms. The van der Waals surface area contributed by atoms with Crippen LogP contribution in [0.15, 0.2) is 46.6 Å². The van der Waals surface area contributed by atoms with Gasteiger partial charge in [-0.15, -0.1) is 0 Å². The van der Waals surface area contributed by atoms with Crippen molar-refractivity contribution < 1.29 is 28.6 Å². The molecule has 27 heavy (non-hydrogen) atoms. The van der Waals surface area contributed by atoms with E-state index >= 15 is 0 Å². The zero-order valence-electron chi connectivity index (χ0n) is 16.5. The van der Waals surface area contributed by atoms with E-state index in [0.717, 1.165) is 11.9 Å². The molecule has 2 aliphatic rings. The molecule has 2 aliphatic heterocycles. The first-order valence-corrected chi connectivity index (χ1v) is 8.81. The molecule has 6 nitrogen and oxygen atoms in total. The summed E-state index contributed by atoms with van der Waals surface area (Å²) in [4.78, 5) is 35.4. The van der Waals surface area contributed by atoms with E-state index in [1.165, 1.54) is 7.11 Å². The van der Waals surface area contributed by atoms with Crippen LogP contribution < -0.4 is 0 Å². The van der Waals surface area contributed by atoms with Crippen LogP contribution in [0.3, 0.4) is 0 Å². The molecule has 146 valence electrons. The number of hydrogen-bond donors (Lipinski definition) is 0. The summed E-state index contributed by atoms with van der Waals surface area (Å²) in [5.41, 5.74) is 3.16. The molecular weight excluding hydrogens is 348 g/mol. The largest absolute Gasteiger partial charge is 0.454 e. The number of hydrogen-bond acceptors (Lipinski definition) is 6. The normalized spacial score (nSPS) is 25.3. The maximum atomic E-state index is 12.3. The predicted octanol–water partition coefficient (Wildman–Crippen LogP) is 3.19. The number of aldehydes is 1. The number of cyclic esters (lactones) is 2. The van der Waals surface area contributed by atoms with Crippen LogP contribution in [0.1, 0.15) is 40.5 Å². The molecule has 0 fully saturated rings. The number of ether oxygens (including phenoxy) is 3. The van der Waals surface area contributed by atoms with Crippen LogP contribution in [0.5, 0.6) is 0 Å². The summed E-state index contributed by atoms with van der Waals surface area (Å²) in [5.74, 6) is -2.87. The Morgan fingerprint density at radius 2 is 2.00 bits per heavy atom. The van der Waals surface area contributed by atoms with Crippen molar-refractivity contribution in [3.63, 3.8) is 0 Å². The van der Waals surface area contributed by atoms with E-state index in [4.69, 9.17) is 14.2 Å². The molecule has 0 saturated carbocycles. The van der Waals surface area contributed by atoms with Crippen LogP contribution in [0, 0.1) is 5.92 Å². The molecule has 0 amide bonds. The SMILES string of the molecule is C=C(C)[C@@H]([C@@H]1C=C(CCC(C=O)=C(C)C)C(=O)O1)[C@@]1(OC)C=C(C)C(=O)O1. The van der Waals surface area contributed by atoms with E-state index < -0.39 is 29.7 Å². The van der Waals surface area contributed by atoms with Crippen molar-refractivity contribution >= 4 is 18.2 Å². The second kappa shape index (κ2) is 8.05. The highest BCUT2D eigenvalue weighted by Gasteiger charge is 2.51. The molecule has 0 aromatic rings. The first-order chi connectivity index (χ1) is 12.6. The maximum Gasteiger partial charge on any atom is 0.336 e. The minimum atomic E-state index is -1.36. The van der Waals surface area contributed by atoms with E-state index in [9.17, 15) is 14.4 Å². The average Bonchev–Trinajstić information content (AvgIpc) is 3.08. The van der Waals surface area contributed by atoms with Crippen molar-refractivity contribution in [1.29, 1.82) is 0 Å². The number of rotatable bonds is 8. The van der Waals surface area contributed by atoms with Crippen molar-refractivity contribution in [2.45, 2.75) is 52.4 Å². The molecule has 0 saturated heterocycles. The van der Waals surface area contributed by atoms with Gasteiger partial charge in [0.1, 0.15) is 12.4 Å². The van der Waals surface area contributed by atoms with Crippen molar-refractivity contribution in [3.05, 3.63) is 46.6 Å². The number of esters is 2. The van der Waals surface area contributed by atoms with Gasteiger partial charge in [-0.05, 0) is 58.3 Å². The van der Waals surface area contributed by atoms with Crippen LogP contribution in [-0.4, -0.2) is 37.2 Å². The molecule has 0 bridgehead atoms. The van der Waals surface area contributed by atoms with Crippen LogP contribution in [0.4, 0.5) is 0 Å². The monoisotopic (exact) mass is 374 g/mol. The Bertz CT molecular complexity index is 766. The number of allylic oxidation sites excluding steroid dienone is 2. The Hall–Kier alpha value is -2.47. The highest BCUT2D eigenvalue weighted by Crippen LogP contribution is 2.41. The minimum absolute atomic E-state index is 0.395. The van der Waals surface area contributed by atoms with Gasteiger partial charge in [0.2, 0.25) is 5.79 Å². The number of carbonyl (C=O) groups is 3. The highest BCUT2D eigenvalue weighted by molar-refractivity contribution is 5.92. The predicted molar refractivity (Wildman–Crippen MR) is 99.5 cm³/mol. The zero-order chi connectivity index (χ0) is 20.4. The summed E-state index contributed by atoms with van der Waals surface area (Å²) < 4.78 is 16.5. The molecule has 2 heterocycles. The Morgan fingerprint density at radius 3 is 2.44 bits per heavy atom. The molecule has 0 unspecified atom stereocenters. The van der Waals surface area contributed by atoms with Gasteiger partial charge in [0.25, 0.3) is 0 Å². The summed E-state index contributed by atoms with van der Waals surface area (Å²) in [6.07, 6.45) is 4.31. The fourth-order valence-corrected chi connectivity index (χ4v) is 3.39. The lowest BCUT2D eigenvalue weighted by atomic mass is 9.85. The third-order valence-corrected chi connectivity index (χ3v) is 4.92. The third kappa shape index (κ3) is 4.11. The maximum absolute atomic E-state index is 12.3. The van der Waals surface area contributed by atoms with E-state index in [0.29, 0.717) is 35.1 Å². The van der Waals surface area contributed by atoms with Crippen molar-refractivity contribution in [1.82, 2.24) is 0 Å². The number of carbonyl (C=O) groups excluding carboxylic acids is 3. The molecule has 0 radical (unpaired) electrons. The van der Waals surface area contributed by atoms with Gasteiger partial charge in [-0.3, -0.25) is 4.79 Å². The smallest absolute Gasteiger partial charge is 0.336 e. The fraction of sp³-hybridized carbons (Fsp3) is 0.476. The lowest BCUT2D eigenvalue weighted by Crippen LogP contribution is -2.46. The van der Waals surface area contributed by atoms with Crippen molar-refractivity contribution in [2.75, 3.05) is 7.11 Å². The van der Waals surface area contributed by atoms with Gasteiger partial charge in [-0.25, -0.2) is 9.59 Å². The Morgan fingerprint density at radius 1 is 1.33 bits per heavy atom.